The van der Waals surface area contributed by atoms with E-state index in [0.717, 1.165) is 12.8 Å². The molecule has 0 heterocycles. The molecule has 1 aromatic rings. The summed E-state index contributed by atoms with van der Waals surface area (Å²) in [6.45, 7) is 7.09. The number of hydrogen-bond acceptors (Lipinski definition) is 2. The predicted molar refractivity (Wildman–Crippen MR) is 81.4 cm³/mol. The Morgan fingerprint density at radius 2 is 1.75 bits per heavy atom. The molecule has 0 radical (unpaired) electrons. The number of ketones is 1. The van der Waals surface area contributed by atoms with E-state index >= 15 is 0 Å². The highest BCUT2D eigenvalue weighted by Crippen LogP contribution is 2.14. The zero-order valence-corrected chi connectivity index (χ0v) is 12.9. The predicted octanol–water partition coefficient (Wildman–Crippen LogP) is 3.13. The lowest BCUT2D eigenvalue weighted by molar-refractivity contribution is -0.132. The third-order valence-corrected chi connectivity index (χ3v) is 3.28. The van der Waals surface area contributed by atoms with Crippen molar-refractivity contribution in [3.63, 3.8) is 0 Å². The number of rotatable bonds is 6. The van der Waals surface area contributed by atoms with Gasteiger partial charge in [0.2, 0.25) is 5.91 Å². The normalized spacial score (nSPS) is 12.8. The largest absolute Gasteiger partial charge is 0.346 e. The molecule has 0 aliphatic rings. The van der Waals surface area contributed by atoms with E-state index in [1.165, 1.54) is 12.5 Å². The summed E-state index contributed by atoms with van der Waals surface area (Å²) in [6.07, 6.45) is 2.50. The highest BCUT2D eigenvalue weighted by atomic mass is 16.2. The number of amides is 1. The van der Waals surface area contributed by atoms with Crippen molar-refractivity contribution in [1.29, 1.82) is 0 Å². The fraction of sp³-hybridized carbons (Fsp3) is 0.529. The Balaban J connectivity index is 2.48. The Morgan fingerprint density at radius 3 is 2.25 bits per heavy atom. The molecule has 3 heteroatoms. The molecule has 0 aromatic heterocycles. The highest BCUT2D eigenvalue weighted by molar-refractivity contribution is 5.89. The van der Waals surface area contributed by atoms with Crippen LogP contribution in [0.3, 0.4) is 0 Å². The molecule has 0 aliphatic carbocycles. The third kappa shape index (κ3) is 5.55. The van der Waals surface area contributed by atoms with Crippen LogP contribution in [0.2, 0.25) is 0 Å². The summed E-state index contributed by atoms with van der Waals surface area (Å²) in [7, 11) is 0. The Morgan fingerprint density at radius 1 is 1.15 bits per heavy atom. The maximum absolute atomic E-state index is 11.9. The van der Waals surface area contributed by atoms with E-state index in [4.69, 9.17) is 0 Å². The summed E-state index contributed by atoms with van der Waals surface area (Å²) in [5.41, 5.74) is 0.796. The van der Waals surface area contributed by atoms with Gasteiger partial charge in [0.1, 0.15) is 0 Å². The first kappa shape index (κ1) is 16.4. The summed E-state index contributed by atoms with van der Waals surface area (Å²) < 4.78 is 0. The molecule has 0 saturated heterocycles. The Kier molecular flexibility index (Phi) is 5.93. The number of hydrogen-bond donors (Lipinski definition) is 1. The van der Waals surface area contributed by atoms with Crippen molar-refractivity contribution in [3.05, 3.63) is 35.9 Å². The van der Waals surface area contributed by atoms with Crippen molar-refractivity contribution in [3.8, 4) is 0 Å². The number of nitrogens with one attached hydrogen (secondary N) is 1. The van der Waals surface area contributed by atoms with Crippen LogP contribution in [0.25, 0.3) is 0 Å². The van der Waals surface area contributed by atoms with E-state index in [1.54, 1.807) is 0 Å². The standard InChI is InChI=1S/C17H25NO2/c1-13(19)15(18-16(20)17(2,3)4)12-8-11-14-9-6-5-7-10-14/h5-7,9-10,15H,8,11-12H2,1-4H3,(H,18,20). The van der Waals surface area contributed by atoms with Crippen LogP contribution >= 0.6 is 0 Å². The molecule has 0 fully saturated rings. The van der Waals surface area contributed by atoms with Gasteiger partial charge in [-0.05, 0) is 31.7 Å². The van der Waals surface area contributed by atoms with Crippen molar-refractivity contribution < 1.29 is 9.59 Å². The van der Waals surface area contributed by atoms with Gasteiger partial charge in [-0.1, -0.05) is 51.1 Å². The lowest BCUT2D eigenvalue weighted by atomic mass is 9.94. The highest BCUT2D eigenvalue weighted by Gasteiger charge is 2.25. The number of aryl methyl sites for hydroxylation is 1. The molecule has 110 valence electrons. The molecule has 1 N–H and O–H groups in total. The van der Waals surface area contributed by atoms with E-state index in [2.05, 4.69) is 17.4 Å². The maximum Gasteiger partial charge on any atom is 0.225 e. The summed E-state index contributed by atoms with van der Waals surface area (Å²) in [5.74, 6) is -0.0481. The molecule has 0 aliphatic heterocycles. The van der Waals surface area contributed by atoms with Gasteiger partial charge in [-0.2, -0.15) is 0 Å². The maximum atomic E-state index is 11.9. The summed E-state index contributed by atoms with van der Waals surface area (Å²) in [4.78, 5) is 23.6. The molecule has 0 saturated carbocycles. The second-order valence-corrected chi connectivity index (χ2v) is 6.26. The van der Waals surface area contributed by atoms with Gasteiger partial charge in [0, 0.05) is 5.41 Å². The van der Waals surface area contributed by atoms with Gasteiger partial charge in [0.05, 0.1) is 6.04 Å². The van der Waals surface area contributed by atoms with Crippen molar-refractivity contribution in [2.24, 2.45) is 5.41 Å². The fourth-order valence-corrected chi connectivity index (χ4v) is 1.91. The number of carbonyl (C=O) groups excluding carboxylic acids is 2. The molecule has 1 atom stereocenters. The van der Waals surface area contributed by atoms with E-state index in [-0.39, 0.29) is 17.7 Å². The first-order valence-corrected chi connectivity index (χ1v) is 7.16. The van der Waals surface area contributed by atoms with Crippen LogP contribution in [-0.4, -0.2) is 17.7 Å². The van der Waals surface area contributed by atoms with Gasteiger partial charge in [-0.25, -0.2) is 0 Å². The molecular formula is C17H25NO2. The van der Waals surface area contributed by atoms with Gasteiger partial charge in [-0.15, -0.1) is 0 Å². The summed E-state index contributed by atoms with van der Waals surface area (Å²) >= 11 is 0. The summed E-state index contributed by atoms with van der Waals surface area (Å²) in [6, 6.07) is 9.81. The molecule has 1 amide bonds. The summed E-state index contributed by atoms with van der Waals surface area (Å²) in [5, 5.41) is 2.85. The number of benzene rings is 1. The average Bonchev–Trinajstić information content (AvgIpc) is 2.37. The van der Waals surface area contributed by atoms with E-state index in [1.807, 2.05) is 39.0 Å². The Labute approximate surface area is 121 Å². The first-order chi connectivity index (χ1) is 9.30. The van der Waals surface area contributed by atoms with Crippen LogP contribution in [0.4, 0.5) is 0 Å². The van der Waals surface area contributed by atoms with Crippen molar-refractivity contribution >= 4 is 11.7 Å². The second-order valence-electron chi connectivity index (χ2n) is 6.26. The Bertz CT molecular complexity index is 446. The topological polar surface area (TPSA) is 46.2 Å². The van der Waals surface area contributed by atoms with Crippen molar-refractivity contribution in [2.75, 3.05) is 0 Å². The van der Waals surface area contributed by atoms with Crippen LogP contribution < -0.4 is 5.32 Å². The zero-order valence-electron chi connectivity index (χ0n) is 12.9. The second kappa shape index (κ2) is 7.22. The third-order valence-electron chi connectivity index (χ3n) is 3.28. The Hall–Kier alpha value is -1.64. The smallest absolute Gasteiger partial charge is 0.225 e. The van der Waals surface area contributed by atoms with Crippen molar-refractivity contribution in [1.82, 2.24) is 5.32 Å². The minimum atomic E-state index is -0.465. The van der Waals surface area contributed by atoms with Gasteiger partial charge >= 0.3 is 0 Å². The van der Waals surface area contributed by atoms with E-state index < -0.39 is 5.41 Å². The van der Waals surface area contributed by atoms with Crippen LogP contribution in [0.15, 0.2) is 30.3 Å². The quantitative estimate of drug-likeness (QED) is 0.867. The number of carbonyl (C=O) groups is 2. The molecule has 1 aromatic carbocycles. The lowest BCUT2D eigenvalue weighted by Gasteiger charge is -2.22. The van der Waals surface area contributed by atoms with Crippen LogP contribution in [0.5, 0.6) is 0 Å². The van der Waals surface area contributed by atoms with Gasteiger partial charge in [0.25, 0.3) is 0 Å². The minimum absolute atomic E-state index is 0.0238. The molecule has 1 unspecified atom stereocenters. The molecule has 3 nitrogen and oxygen atoms in total. The van der Waals surface area contributed by atoms with Gasteiger partial charge in [0.15, 0.2) is 5.78 Å². The van der Waals surface area contributed by atoms with Crippen LogP contribution in [0, 0.1) is 5.41 Å². The SMILES string of the molecule is CC(=O)C(CCCc1ccccc1)NC(=O)C(C)(C)C. The molecule has 0 bridgehead atoms. The van der Waals surface area contributed by atoms with Gasteiger partial charge < -0.3 is 5.32 Å². The molecular weight excluding hydrogens is 250 g/mol. The number of Topliss-reactive ketones (excluding diaryl/α,β-unsaturated/α-hetero) is 1. The monoisotopic (exact) mass is 275 g/mol. The van der Waals surface area contributed by atoms with Gasteiger partial charge in [-0.3, -0.25) is 9.59 Å². The molecule has 20 heavy (non-hydrogen) atoms. The molecule has 1 rings (SSSR count). The van der Waals surface area contributed by atoms with Crippen LogP contribution in [-0.2, 0) is 16.0 Å². The lowest BCUT2D eigenvalue weighted by Crippen LogP contribution is -2.45. The average molecular weight is 275 g/mol. The zero-order chi connectivity index (χ0) is 15.2. The van der Waals surface area contributed by atoms with E-state index in [9.17, 15) is 9.59 Å². The van der Waals surface area contributed by atoms with E-state index in [0.29, 0.717) is 6.42 Å². The van der Waals surface area contributed by atoms with Crippen molar-refractivity contribution in [2.45, 2.75) is 53.0 Å². The fourth-order valence-electron chi connectivity index (χ4n) is 1.91. The first-order valence-electron chi connectivity index (χ1n) is 7.16. The minimum Gasteiger partial charge on any atom is -0.346 e. The van der Waals surface area contributed by atoms with Crippen LogP contribution in [0.1, 0.15) is 46.1 Å². The molecule has 0 spiro atoms.